The highest BCUT2D eigenvalue weighted by Gasteiger charge is 2.16. The van der Waals surface area contributed by atoms with E-state index in [0.29, 0.717) is 0 Å². The molecule has 5 nitrogen and oxygen atoms in total. The lowest BCUT2D eigenvalue weighted by molar-refractivity contribution is 0.242. The minimum Gasteiger partial charge on any atom is -0.493 e. The Kier molecular flexibility index (Phi) is 4.01. The first-order valence-electron chi connectivity index (χ1n) is 9.55. The van der Waals surface area contributed by atoms with Crippen LogP contribution in [0.15, 0.2) is 60.8 Å². The Bertz CT molecular complexity index is 1160. The van der Waals surface area contributed by atoms with Gasteiger partial charge in [-0.05, 0) is 73.0 Å². The highest BCUT2D eigenvalue weighted by atomic mass is 16.5. The van der Waals surface area contributed by atoms with Crippen molar-refractivity contribution in [1.82, 2.24) is 14.6 Å². The van der Waals surface area contributed by atoms with Crippen molar-refractivity contribution in [2.75, 3.05) is 6.61 Å². The summed E-state index contributed by atoms with van der Waals surface area (Å²) in [4.78, 5) is 0. The summed E-state index contributed by atoms with van der Waals surface area (Å²) in [5, 5.41) is 8.77. The predicted octanol–water partition coefficient (Wildman–Crippen LogP) is 4.79. The zero-order chi connectivity index (χ0) is 19.1. The number of benzene rings is 2. The molecule has 4 aromatic rings. The lowest BCUT2D eigenvalue weighted by Crippen LogP contribution is -2.05. The summed E-state index contributed by atoms with van der Waals surface area (Å²) in [6, 6.07) is 18.5. The second kappa shape index (κ2) is 6.68. The fourth-order valence-corrected chi connectivity index (χ4v) is 3.61. The van der Waals surface area contributed by atoms with E-state index >= 15 is 0 Å². The molecule has 28 heavy (non-hydrogen) atoms. The second-order valence-electron chi connectivity index (χ2n) is 7.28. The van der Waals surface area contributed by atoms with Gasteiger partial charge in [0.15, 0.2) is 11.5 Å². The molecule has 2 aromatic heterocycles. The number of hydrogen-bond donors (Lipinski definition) is 0. The average Bonchev–Trinajstić information content (AvgIpc) is 3.33. The van der Waals surface area contributed by atoms with E-state index in [1.165, 1.54) is 5.56 Å². The number of ether oxygens (including phenoxy) is 2. The van der Waals surface area contributed by atoms with Gasteiger partial charge in [-0.1, -0.05) is 12.1 Å². The Morgan fingerprint density at radius 1 is 0.964 bits per heavy atom. The number of fused-ring (bicyclic) bond motifs is 2. The van der Waals surface area contributed by atoms with Crippen molar-refractivity contribution >= 4 is 5.65 Å². The van der Waals surface area contributed by atoms with Gasteiger partial charge in [0.2, 0.25) is 0 Å². The van der Waals surface area contributed by atoms with Gasteiger partial charge < -0.3 is 9.47 Å². The average molecular weight is 371 g/mol. The molecule has 0 saturated carbocycles. The van der Waals surface area contributed by atoms with Gasteiger partial charge in [0.1, 0.15) is 11.5 Å². The van der Waals surface area contributed by atoms with Crippen LogP contribution in [-0.4, -0.2) is 27.3 Å². The van der Waals surface area contributed by atoms with Gasteiger partial charge in [-0.25, -0.2) is 0 Å². The lowest BCUT2D eigenvalue weighted by atomic mass is 10.1. The van der Waals surface area contributed by atoms with E-state index in [4.69, 9.17) is 9.47 Å². The second-order valence-corrected chi connectivity index (χ2v) is 7.28. The fourth-order valence-electron chi connectivity index (χ4n) is 3.61. The molecule has 0 aliphatic carbocycles. The van der Waals surface area contributed by atoms with Crippen molar-refractivity contribution in [2.24, 2.45) is 0 Å². The summed E-state index contributed by atoms with van der Waals surface area (Å²) >= 11 is 0. The molecule has 0 amide bonds. The molecule has 140 valence electrons. The molecule has 0 unspecified atom stereocenters. The molecule has 0 spiro atoms. The van der Waals surface area contributed by atoms with Gasteiger partial charge in [0.05, 0.1) is 12.7 Å². The molecule has 1 aliphatic heterocycles. The molecule has 1 aliphatic rings. The number of rotatable bonds is 4. The highest BCUT2D eigenvalue weighted by Crippen LogP contribution is 2.31. The van der Waals surface area contributed by atoms with Crippen molar-refractivity contribution in [3.8, 4) is 34.0 Å². The van der Waals surface area contributed by atoms with Gasteiger partial charge >= 0.3 is 0 Å². The SMILES string of the molecule is CC(C)Oc1cccc(-c2ccc3nnc(-c4ccc5c(c4)CCO5)n3c2)c1. The Hall–Kier alpha value is -3.34. The number of aromatic nitrogens is 3. The molecule has 0 saturated heterocycles. The highest BCUT2D eigenvalue weighted by molar-refractivity contribution is 5.69. The van der Waals surface area contributed by atoms with Crippen LogP contribution in [0.3, 0.4) is 0 Å². The number of hydrogen-bond acceptors (Lipinski definition) is 4. The van der Waals surface area contributed by atoms with Crippen LogP contribution in [0.1, 0.15) is 19.4 Å². The van der Waals surface area contributed by atoms with Gasteiger partial charge in [0.25, 0.3) is 0 Å². The first-order valence-corrected chi connectivity index (χ1v) is 9.55. The normalized spacial score (nSPS) is 13.0. The van der Waals surface area contributed by atoms with Crippen LogP contribution < -0.4 is 9.47 Å². The Labute approximate surface area is 163 Å². The molecule has 0 atom stereocenters. The first kappa shape index (κ1) is 16.8. The Morgan fingerprint density at radius 2 is 1.86 bits per heavy atom. The molecule has 0 N–H and O–H groups in total. The van der Waals surface area contributed by atoms with Crippen LogP contribution in [-0.2, 0) is 6.42 Å². The predicted molar refractivity (Wildman–Crippen MR) is 109 cm³/mol. The first-order chi connectivity index (χ1) is 13.7. The smallest absolute Gasteiger partial charge is 0.168 e. The van der Waals surface area contributed by atoms with Crippen molar-refractivity contribution in [3.63, 3.8) is 0 Å². The summed E-state index contributed by atoms with van der Waals surface area (Å²) in [7, 11) is 0. The van der Waals surface area contributed by atoms with Crippen molar-refractivity contribution in [1.29, 1.82) is 0 Å². The molecule has 0 radical (unpaired) electrons. The summed E-state index contributed by atoms with van der Waals surface area (Å²) in [6.07, 6.45) is 3.17. The third-order valence-electron chi connectivity index (χ3n) is 4.89. The molecule has 3 heterocycles. The van der Waals surface area contributed by atoms with Crippen molar-refractivity contribution < 1.29 is 9.47 Å². The van der Waals surface area contributed by atoms with Gasteiger partial charge in [-0.2, -0.15) is 0 Å². The van der Waals surface area contributed by atoms with E-state index in [0.717, 1.165) is 52.7 Å². The minimum absolute atomic E-state index is 0.144. The maximum Gasteiger partial charge on any atom is 0.168 e. The zero-order valence-electron chi connectivity index (χ0n) is 15.9. The van der Waals surface area contributed by atoms with Crippen LogP contribution in [0, 0.1) is 0 Å². The maximum absolute atomic E-state index is 5.84. The summed E-state index contributed by atoms with van der Waals surface area (Å²) in [5.41, 5.74) is 5.29. The molecule has 5 heteroatoms. The number of pyridine rings is 1. The molecule has 0 bridgehead atoms. The Balaban J connectivity index is 1.57. The van der Waals surface area contributed by atoms with E-state index in [9.17, 15) is 0 Å². The summed E-state index contributed by atoms with van der Waals surface area (Å²) in [5.74, 6) is 2.68. The maximum atomic E-state index is 5.84. The van der Waals surface area contributed by atoms with Crippen LogP contribution in [0.5, 0.6) is 11.5 Å². The van der Waals surface area contributed by atoms with E-state index in [1.807, 2.05) is 48.6 Å². The van der Waals surface area contributed by atoms with E-state index in [2.05, 4.69) is 40.7 Å². The van der Waals surface area contributed by atoms with Crippen LogP contribution >= 0.6 is 0 Å². The van der Waals surface area contributed by atoms with Gasteiger partial charge in [0, 0.05) is 18.2 Å². The third kappa shape index (κ3) is 2.99. The zero-order valence-corrected chi connectivity index (χ0v) is 15.9. The molecular weight excluding hydrogens is 350 g/mol. The van der Waals surface area contributed by atoms with E-state index in [1.54, 1.807) is 0 Å². The summed E-state index contributed by atoms with van der Waals surface area (Å²) in [6.45, 7) is 4.81. The third-order valence-corrected chi connectivity index (χ3v) is 4.89. The fraction of sp³-hybridized carbons (Fsp3) is 0.217. The molecule has 2 aromatic carbocycles. The topological polar surface area (TPSA) is 48.7 Å². The quantitative estimate of drug-likeness (QED) is 0.518. The van der Waals surface area contributed by atoms with Gasteiger partial charge in [-0.15, -0.1) is 10.2 Å². The van der Waals surface area contributed by atoms with Crippen LogP contribution in [0.25, 0.3) is 28.2 Å². The largest absolute Gasteiger partial charge is 0.493 e. The summed E-state index contributed by atoms with van der Waals surface area (Å²) < 4.78 is 13.5. The van der Waals surface area contributed by atoms with E-state index < -0.39 is 0 Å². The molecule has 0 fully saturated rings. The van der Waals surface area contributed by atoms with Crippen LogP contribution in [0.2, 0.25) is 0 Å². The van der Waals surface area contributed by atoms with Crippen LogP contribution in [0.4, 0.5) is 0 Å². The number of nitrogens with zero attached hydrogens (tertiary/aromatic N) is 3. The van der Waals surface area contributed by atoms with Crippen molar-refractivity contribution in [3.05, 3.63) is 66.4 Å². The molecule has 5 rings (SSSR count). The van der Waals surface area contributed by atoms with E-state index in [-0.39, 0.29) is 6.10 Å². The van der Waals surface area contributed by atoms with Crippen molar-refractivity contribution in [2.45, 2.75) is 26.4 Å². The minimum atomic E-state index is 0.144. The lowest BCUT2D eigenvalue weighted by Gasteiger charge is -2.11. The molecular formula is C23H21N3O2. The monoisotopic (exact) mass is 371 g/mol. The van der Waals surface area contributed by atoms with Gasteiger partial charge in [-0.3, -0.25) is 4.40 Å². The standard InChI is InChI=1S/C23H21N3O2/c1-15(2)28-20-5-3-4-16(13-20)19-7-9-22-24-25-23(26(22)14-19)18-6-8-21-17(12-18)10-11-27-21/h3-9,12-15H,10-11H2,1-2H3. The Morgan fingerprint density at radius 3 is 2.75 bits per heavy atom.